The zero-order valence-corrected chi connectivity index (χ0v) is 9.22. The molecular weight excluding hydrogens is 190 g/mol. The first-order chi connectivity index (χ1) is 7.25. The molecule has 1 saturated heterocycles. The lowest BCUT2D eigenvalue weighted by Gasteiger charge is -2.09. The van der Waals surface area contributed by atoms with Gasteiger partial charge in [0, 0.05) is 25.5 Å². The smallest absolute Gasteiger partial charge is 0.0776 e. The molecule has 1 aliphatic heterocycles. The minimum Gasteiger partial charge on any atom is -0.389 e. The maximum Gasteiger partial charge on any atom is 0.0776 e. The predicted octanol–water partition coefficient (Wildman–Crippen LogP) is 2.11. The highest BCUT2D eigenvalue weighted by atomic mass is 16.5. The van der Waals surface area contributed by atoms with Crippen LogP contribution in [0.2, 0.25) is 0 Å². The summed E-state index contributed by atoms with van der Waals surface area (Å²) in [4.78, 5) is 0. The van der Waals surface area contributed by atoms with Crippen LogP contribution >= 0.6 is 0 Å². The Labute approximate surface area is 90.7 Å². The van der Waals surface area contributed by atoms with Crippen LogP contribution in [0.25, 0.3) is 0 Å². The quantitative estimate of drug-likeness (QED) is 0.824. The molecular formula is C12H19NO2. The van der Waals surface area contributed by atoms with E-state index >= 15 is 0 Å². The van der Waals surface area contributed by atoms with Gasteiger partial charge in [-0.2, -0.15) is 0 Å². The largest absolute Gasteiger partial charge is 0.389 e. The van der Waals surface area contributed by atoms with E-state index < -0.39 is 0 Å². The fraction of sp³-hybridized carbons (Fsp3) is 0.667. The Morgan fingerprint density at radius 2 is 2.53 bits per heavy atom. The number of nitrogens with zero attached hydrogens (tertiary/aromatic N) is 1. The molecule has 1 aliphatic rings. The first-order valence-electron chi connectivity index (χ1n) is 5.71. The molecule has 2 atom stereocenters. The topological polar surface area (TPSA) is 34.4 Å². The van der Waals surface area contributed by atoms with Crippen molar-refractivity contribution in [1.82, 2.24) is 4.57 Å². The monoisotopic (exact) mass is 209 g/mol. The van der Waals surface area contributed by atoms with Crippen LogP contribution in [0.5, 0.6) is 0 Å². The van der Waals surface area contributed by atoms with E-state index in [4.69, 9.17) is 4.74 Å². The number of aromatic nitrogens is 1. The third-order valence-electron chi connectivity index (χ3n) is 2.99. The van der Waals surface area contributed by atoms with Gasteiger partial charge in [-0.25, -0.2) is 0 Å². The van der Waals surface area contributed by atoms with E-state index in [1.807, 2.05) is 18.5 Å². The van der Waals surface area contributed by atoms with Gasteiger partial charge >= 0.3 is 0 Å². The third-order valence-corrected chi connectivity index (χ3v) is 2.99. The van der Waals surface area contributed by atoms with Crippen LogP contribution in [0.1, 0.15) is 37.9 Å². The van der Waals surface area contributed by atoms with Crippen molar-refractivity contribution in [1.29, 1.82) is 0 Å². The molecule has 0 aliphatic carbocycles. The summed E-state index contributed by atoms with van der Waals surface area (Å²) in [6.07, 6.45) is 7.60. The summed E-state index contributed by atoms with van der Waals surface area (Å²) < 4.78 is 7.69. The first kappa shape index (κ1) is 10.7. The Kier molecular flexibility index (Phi) is 3.44. The van der Waals surface area contributed by atoms with E-state index in [1.54, 1.807) is 6.92 Å². The Morgan fingerprint density at radius 1 is 1.67 bits per heavy atom. The second-order valence-electron chi connectivity index (χ2n) is 4.28. The standard InChI is InChI=1S/C12H19NO2/c1-10(14)11-4-6-13(9-11)7-5-12-3-2-8-15-12/h4,6,9-10,12,14H,2-3,5,7-8H2,1H3. The predicted molar refractivity (Wildman–Crippen MR) is 58.7 cm³/mol. The SMILES string of the molecule is CC(O)c1ccn(CCC2CCCO2)c1. The highest BCUT2D eigenvalue weighted by Crippen LogP contribution is 2.17. The molecule has 0 amide bonds. The number of aliphatic hydroxyl groups is 1. The van der Waals surface area contributed by atoms with Crippen molar-refractivity contribution in [3.8, 4) is 0 Å². The summed E-state index contributed by atoms with van der Waals surface area (Å²) in [6, 6.07) is 1.97. The lowest BCUT2D eigenvalue weighted by atomic mass is 10.2. The Morgan fingerprint density at radius 3 is 3.13 bits per heavy atom. The highest BCUT2D eigenvalue weighted by molar-refractivity contribution is 5.12. The van der Waals surface area contributed by atoms with Crippen molar-refractivity contribution in [2.75, 3.05) is 6.61 Å². The molecule has 2 heterocycles. The summed E-state index contributed by atoms with van der Waals surface area (Å²) in [5.74, 6) is 0. The lowest BCUT2D eigenvalue weighted by molar-refractivity contribution is 0.100. The summed E-state index contributed by atoms with van der Waals surface area (Å²) in [7, 11) is 0. The van der Waals surface area contributed by atoms with Gasteiger partial charge in [0.1, 0.15) is 0 Å². The fourth-order valence-corrected chi connectivity index (χ4v) is 2.01. The van der Waals surface area contributed by atoms with Crippen molar-refractivity contribution in [3.63, 3.8) is 0 Å². The van der Waals surface area contributed by atoms with Gasteiger partial charge in [-0.3, -0.25) is 0 Å². The summed E-state index contributed by atoms with van der Waals surface area (Å²) >= 11 is 0. The zero-order chi connectivity index (χ0) is 10.7. The normalized spacial score (nSPS) is 23.2. The van der Waals surface area contributed by atoms with Crippen LogP contribution in [0.4, 0.5) is 0 Å². The van der Waals surface area contributed by atoms with Crippen LogP contribution < -0.4 is 0 Å². The molecule has 3 heteroatoms. The molecule has 2 rings (SSSR count). The van der Waals surface area contributed by atoms with E-state index in [2.05, 4.69) is 4.57 Å². The number of hydrogen-bond acceptors (Lipinski definition) is 2. The van der Waals surface area contributed by atoms with Crippen molar-refractivity contribution in [2.45, 2.75) is 44.9 Å². The van der Waals surface area contributed by atoms with E-state index in [9.17, 15) is 5.11 Å². The zero-order valence-electron chi connectivity index (χ0n) is 9.22. The van der Waals surface area contributed by atoms with Gasteiger partial charge in [-0.1, -0.05) is 0 Å². The van der Waals surface area contributed by atoms with E-state index in [0.29, 0.717) is 6.10 Å². The number of aliphatic hydroxyl groups excluding tert-OH is 1. The second-order valence-corrected chi connectivity index (χ2v) is 4.28. The molecule has 84 valence electrons. The minimum atomic E-state index is -0.367. The van der Waals surface area contributed by atoms with Crippen molar-refractivity contribution in [2.24, 2.45) is 0 Å². The number of aryl methyl sites for hydroxylation is 1. The number of rotatable bonds is 4. The average molecular weight is 209 g/mol. The van der Waals surface area contributed by atoms with Gasteiger partial charge in [-0.15, -0.1) is 0 Å². The molecule has 0 radical (unpaired) electrons. The fourth-order valence-electron chi connectivity index (χ4n) is 2.01. The Balaban J connectivity index is 1.82. The molecule has 1 N–H and O–H groups in total. The van der Waals surface area contributed by atoms with Crippen LogP contribution in [-0.4, -0.2) is 22.4 Å². The molecule has 1 aromatic heterocycles. The van der Waals surface area contributed by atoms with Crippen molar-refractivity contribution < 1.29 is 9.84 Å². The maximum absolute atomic E-state index is 9.38. The van der Waals surface area contributed by atoms with Crippen LogP contribution in [0.3, 0.4) is 0 Å². The van der Waals surface area contributed by atoms with Gasteiger partial charge < -0.3 is 14.4 Å². The summed E-state index contributed by atoms with van der Waals surface area (Å²) in [5, 5.41) is 9.38. The second kappa shape index (κ2) is 4.81. The van der Waals surface area contributed by atoms with E-state index in [1.165, 1.54) is 12.8 Å². The molecule has 0 spiro atoms. The van der Waals surface area contributed by atoms with Gasteiger partial charge in [0.15, 0.2) is 0 Å². The molecule has 2 unspecified atom stereocenters. The first-order valence-corrected chi connectivity index (χ1v) is 5.71. The minimum absolute atomic E-state index is 0.367. The molecule has 15 heavy (non-hydrogen) atoms. The Bertz CT molecular complexity index is 300. The Hall–Kier alpha value is -0.800. The summed E-state index contributed by atoms with van der Waals surface area (Å²) in [6.45, 7) is 3.70. The van der Waals surface area contributed by atoms with Crippen LogP contribution in [0, 0.1) is 0 Å². The van der Waals surface area contributed by atoms with Crippen LogP contribution in [0.15, 0.2) is 18.5 Å². The molecule has 0 aromatic carbocycles. The molecule has 3 nitrogen and oxygen atoms in total. The summed E-state index contributed by atoms with van der Waals surface area (Å²) in [5.41, 5.74) is 0.988. The number of hydrogen-bond donors (Lipinski definition) is 1. The van der Waals surface area contributed by atoms with Gasteiger partial charge in [0.05, 0.1) is 12.2 Å². The van der Waals surface area contributed by atoms with Crippen molar-refractivity contribution >= 4 is 0 Å². The maximum atomic E-state index is 9.38. The van der Waals surface area contributed by atoms with E-state index in [-0.39, 0.29) is 6.10 Å². The third kappa shape index (κ3) is 2.83. The van der Waals surface area contributed by atoms with Crippen molar-refractivity contribution in [3.05, 3.63) is 24.0 Å². The highest BCUT2D eigenvalue weighted by Gasteiger charge is 2.15. The van der Waals surface area contributed by atoms with Gasteiger partial charge in [-0.05, 0) is 37.8 Å². The molecule has 0 bridgehead atoms. The van der Waals surface area contributed by atoms with Crippen LogP contribution in [-0.2, 0) is 11.3 Å². The molecule has 0 saturated carbocycles. The average Bonchev–Trinajstić information content (AvgIpc) is 2.86. The molecule has 1 aromatic rings. The van der Waals surface area contributed by atoms with Gasteiger partial charge in [0.25, 0.3) is 0 Å². The van der Waals surface area contributed by atoms with Gasteiger partial charge in [0.2, 0.25) is 0 Å². The van der Waals surface area contributed by atoms with E-state index in [0.717, 1.165) is 25.1 Å². The number of ether oxygens (including phenoxy) is 1. The lowest BCUT2D eigenvalue weighted by Crippen LogP contribution is -2.08. The molecule has 1 fully saturated rings.